The fraction of sp³-hybridized carbons (Fsp3) is 0.478. The fourth-order valence-corrected chi connectivity index (χ4v) is 3.56. The van der Waals surface area contributed by atoms with Crippen LogP contribution in [0.3, 0.4) is 0 Å². The smallest absolute Gasteiger partial charge is 0.287 e. The van der Waals surface area contributed by atoms with Crippen molar-refractivity contribution in [3.05, 3.63) is 47.9 Å². The largest absolute Gasteiger partial charge is 0.497 e. The number of furan rings is 1. The predicted octanol–water partition coefficient (Wildman–Crippen LogP) is 2.50. The Hall–Kier alpha value is -3.16. The zero-order chi connectivity index (χ0) is 22.1. The number of ether oxygens (including phenoxy) is 1. The molecule has 8 heteroatoms. The lowest BCUT2D eigenvalue weighted by molar-refractivity contribution is 0.0925. The Bertz CT molecular complexity index is 872. The molecule has 0 aliphatic carbocycles. The SMILES string of the molecule is CCNC(=NCCCNC(=O)c1occc1C)N1CCN(c2cccc(OC)c2)CC1. The van der Waals surface area contributed by atoms with Gasteiger partial charge in [0.15, 0.2) is 11.7 Å². The number of hydrogen-bond donors (Lipinski definition) is 2. The third-order valence-electron chi connectivity index (χ3n) is 5.28. The number of hydrogen-bond acceptors (Lipinski definition) is 5. The van der Waals surface area contributed by atoms with Crippen molar-refractivity contribution in [1.29, 1.82) is 0 Å². The normalized spacial score (nSPS) is 14.5. The first kappa shape index (κ1) is 22.5. The van der Waals surface area contributed by atoms with Gasteiger partial charge in [-0.1, -0.05) is 6.07 Å². The van der Waals surface area contributed by atoms with Crippen LogP contribution in [0.25, 0.3) is 0 Å². The minimum atomic E-state index is -0.174. The minimum absolute atomic E-state index is 0.174. The minimum Gasteiger partial charge on any atom is -0.497 e. The molecule has 0 spiro atoms. The highest BCUT2D eigenvalue weighted by atomic mass is 16.5. The van der Waals surface area contributed by atoms with Gasteiger partial charge >= 0.3 is 0 Å². The maximum absolute atomic E-state index is 12.1. The second-order valence-corrected chi connectivity index (χ2v) is 7.45. The van der Waals surface area contributed by atoms with Crippen molar-refractivity contribution in [3.63, 3.8) is 0 Å². The molecule has 1 amide bonds. The number of carbonyl (C=O) groups is 1. The molecular weight excluding hydrogens is 394 g/mol. The van der Waals surface area contributed by atoms with Gasteiger partial charge in [-0.3, -0.25) is 9.79 Å². The first-order valence-corrected chi connectivity index (χ1v) is 10.9. The fourth-order valence-electron chi connectivity index (χ4n) is 3.56. The highest BCUT2D eigenvalue weighted by Crippen LogP contribution is 2.22. The van der Waals surface area contributed by atoms with E-state index in [1.165, 1.54) is 12.0 Å². The number of nitrogens with one attached hydrogen (secondary N) is 2. The Morgan fingerprint density at radius 1 is 1.19 bits per heavy atom. The van der Waals surface area contributed by atoms with Gasteiger partial charge in [-0.2, -0.15) is 0 Å². The van der Waals surface area contributed by atoms with E-state index in [4.69, 9.17) is 14.1 Å². The molecule has 0 bridgehead atoms. The van der Waals surface area contributed by atoms with Crippen molar-refractivity contribution >= 4 is 17.6 Å². The average Bonchev–Trinajstić information content (AvgIpc) is 3.24. The Kier molecular flexibility index (Phi) is 8.20. The number of anilines is 1. The molecular formula is C23H33N5O3. The number of rotatable bonds is 8. The molecule has 2 heterocycles. The number of amides is 1. The summed E-state index contributed by atoms with van der Waals surface area (Å²) in [5.41, 5.74) is 2.03. The molecule has 1 aliphatic rings. The standard InChI is InChI=1S/C23H33N5O3/c1-4-24-23(26-11-6-10-25-22(29)21-18(2)9-16-31-21)28-14-12-27(13-15-28)19-7-5-8-20(17-19)30-3/h5,7-9,16-17H,4,6,10-15H2,1-3H3,(H,24,26)(H,25,29). The number of aryl methyl sites for hydroxylation is 1. The first-order valence-electron chi connectivity index (χ1n) is 10.9. The molecule has 1 aromatic heterocycles. The van der Waals surface area contributed by atoms with Gasteiger partial charge in [-0.05, 0) is 38.5 Å². The summed E-state index contributed by atoms with van der Waals surface area (Å²) < 4.78 is 10.6. The van der Waals surface area contributed by atoms with Crippen LogP contribution < -0.4 is 20.3 Å². The molecule has 0 saturated carbocycles. The molecule has 0 unspecified atom stereocenters. The molecule has 31 heavy (non-hydrogen) atoms. The van der Waals surface area contributed by atoms with E-state index >= 15 is 0 Å². The van der Waals surface area contributed by atoms with Crippen LogP contribution >= 0.6 is 0 Å². The van der Waals surface area contributed by atoms with E-state index in [9.17, 15) is 4.79 Å². The lowest BCUT2D eigenvalue weighted by Crippen LogP contribution is -2.52. The van der Waals surface area contributed by atoms with Gasteiger partial charge in [0.25, 0.3) is 5.91 Å². The Balaban J connectivity index is 1.46. The summed E-state index contributed by atoms with van der Waals surface area (Å²) in [6, 6.07) is 9.98. The third kappa shape index (κ3) is 6.16. The zero-order valence-electron chi connectivity index (χ0n) is 18.7. The molecule has 0 radical (unpaired) electrons. The van der Waals surface area contributed by atoms with E-state index in [1.54, 1.807) is 13.2 Å². The van der Waals surface area contributed by atoms with Gasteiger partial charge in [-0.25, -0.2) is 0 Å². The quantitative estimate of drug-likeness (QED) is 0.383. The van der Waals surface area contributed by atoms with Gasteiger partial charge in [0, 0.05) is 63.1 Å². The lowest BCUT2D eigenvalue weighted by Gasteiger charge is -2.37. The van der Waals surface area contributed by atoms with Crippen molar-refractivity contribution in [2.45, 2.75) is 20.3 Å². The van der Waals surface area contributed by atoms with Crippen LogP contribution in [0, 0.1) is 6.92 Å². The maximum atomic E-state index is 12.1. The van der Waals surface area contributed by atoms with E-state index in [1.807, 2.05) is 19.1 Å². The average molecular weight is 428 g/mol. The Morgan fingerprint density at radius 3 is 2.68 bits per heavy atom. The number of nitrogens with zero attached hydrogens (tertiary/aromatic N) is 3. The summed E-state index contributed by atoms with van der Waals surface area (Å²) in [6.07, 6.45) is 2.30. The van der Waals surface area contributed by atoms with E-state index in [0.717, 1.165) is 56.4 Å². The number of piperazine rings is 1. The van der Waals surface area contributed by atoms with Gasteiger partial charge in [0.05, 0.1) is 13.4 Å². The van der Waals surface area contributed by atoms with Crippen LogP contribution in [-0.2, 0) is 0 Å². The number of carbonyl (C=O) groups excluding carboxylic acids is 1. The van der Waals surface area contributed by atoms with Gasteiger partial charge in [0.2, 0.25) is 0 Å². The van der Waals surface area contributed by atoms with Crippen LogP contribution in [0.2, 0.25) is 0 Å². The summed E-state index contributed by atoms with van der Waals surface area (Å²) in [5, 5.41) is 6.28. The second kappa shape index (κ2) is 11.3. The summed E-state index contributed by atoms with van der Waals surface area (Å²) in [7, 11) is 1.69. The molecule has 1 fully saturated rings. The number of guanidine groups is 1. The van der Waals surface area contributed by atoms with E-state index in [-0.39, 0.29) is 5.91 Å². The number of aliphatic imine (C=N–C) groups is 1. The monoisotopic (exact) mass is 427 g/mol. The van der Waals surface area contributed by atoms with Crippen LogP contribution in [0.5, 0.6) is 5.75 Å². The number of benzene rings is 1. The molecule has 1 aromatic carbocycles. The molecule has 1 aliphatic heterocycles. The van der Waals surface area contributed by atoms with E-state index in [2.05, 4.69) is 39.5 Å². The number of methoxy groups -OCH3 is 1. The highest BCUT2D eigenvalue weighted by molar-refractivity contribution is 5.92. The van der Waals surface area contributed by atoms with Crippen molar-refractivity contribution in [1.82, 2.24) is 15.5 Å². The molecule has 1 saturated heterocycles. The summed E-state index contributed by atoms with van der Waals surface area (Å²) >= 11 is 0. The topological polar surface area (TPSA) is 82.3 Å². The molecule has 2 N–H and O–H groups in total. The third-order valence-corrected chi connectivity index (χ3v) is 5.28. The van der Waals surface area contributed by atoms with Crippen LogP contribution in [0.4, 0.5) is 5.69 Å². The first-order chi connectivity index (χ1) is 15.1. The van der Waals surface area contributed by atoms with Crippen molar-refractivity contribution in [2.75, 3.05) is 57.8 Å². The van der Waals surface area contributed by atoms with Gasteiger partial charge in [0.1, 0.15) is 5.75 Å². The van der Waals surface area contributed by atoms with E-state index < -0.39 is 0 Å². The van der Waals surface area contributed by atoms with Gasteiger partial charge in [-0.15, -0.1) is 0 Å². The summed E-state index contributed by atoms with van der Waals surface area (Å²) in [6.45, 7) is 9.62. The molecule has 0 atom stereocenters. The molecule has 8 nitrogen and oxygen atoms in total. The van der Waals surface area contributed by atoms with E-state index in [0.29, 0.717) is 18.8 Å². The Morgan fingerprint density at radius 2 is 2.00 bits per heavy atom. The van der Waals surface area contributed by atoms with Crippen LogP contribution in [0.15, 0.2) is 46.0 Å². The van der Waals surface area contributed by atoms with Crippen LogP contribution in [-0.4, -0.2) is 69.7 Å². The Labute approximate surface area is 184 Å². The second-order valence-electron chi connectivity index (χ2n) is 7.45. The zero-order valence-corrected chi connectivity index (χ0v) is 18.7. The predicted molar refractivity (Wildman–Crippen MR) is 123 cm³/mol. The van der Waals surface area contributed by atoms with Crippen molar-refractivity contribution in [3.8, 4) is 5.75 Å². The van der Waals surface area contributed by atoms with Gasteiger partial charge < -0.3 is 29.6 Å². The summed E-state index contributed by atoms with van der Waals surface area (Å²) in [4.78, 5) is 21.5. The van der Waals surface area contributed by atoms with Crippen molar-refractivity contribution < 1.29 is 13.9 Å². The molecule has 2 aromatic rings. The molecule has 168 valence electrons. The lowest BCUT2D eigenvalue weighted by atomic mass is 10.2. The summed E-state index contributed by atoms with van der Waals surface area (Å²) in [5.74, 6) is 2.02. The molecule has 3 rings (SSSR count). The maximum Gasteiger partial charge on any atom is 0.287 e. The van der Waals surface area contributed by atoms with Crippen LogP contribution in [0.1, 0.15) is 29.5 Å². The highest BCUT2D eigenvalue weighted by Gasteiger charge is 2.20. The van der Waals surface area contributed by atoms with Crippen molar-refractivity contribution in [2.24, 2.45) is 4.99 Å².